The Morgan fingerprint density at radius 3 is 2.79 bits per heavy atom. The van der Waals surface area contributed by atoms with Crippen LogP contribution in [-0.4, -0.2) is 20.8 Å². The summed E-state index contributed by atoms with van der Waals surface area (Å²) in [6, 6.07) is 15.1. The maximum absolute atomic E-state index is 12.0. The molecule has 2 heterocycles. The number of aryl methyl sites for hydroxylation is 2. The molecule has 3 aromatic rings. The molecule has 24 heavy (non-hydrogen) atoms. The van der Waals surface area contributed by atoms with Crippen LogP contribution in [0.3, 0.4) is 0 Å². The zero-order valence-corrected chi connectivity index (χ0v) is 13.7. The van der Waals surface area contributed by atoms with Crippen molar-refractivity contribution < 1.29 is 4.79 Å². The lowest BCUT2D eigenvalue weighted by atomic mass is 10.2. The van der Waals surface area contributed by atoms with Crippen LogP contribution in [-0.2, 0) is 13.6 Å². The van der Waals surface area contributed by atoms with Crippen molar-refractivity contribution in [3.63, 3.8) is 0 Å². The number of aromatic nitrogens is 3. The first-order valence-electron chi connectivity index (χ1n) is 7.67. The maximum Gasteiger partial charge on any atom is 0.319 e. The van der Waals surface area contributed by atoms with Gasteiger partial charge < -0.3 is 10.6 Å². The Kier molecular flexibility index (Phi) is 4.56. The van der Waals surface area contributed by atoms with Crippen LogP contribution < -0.4 is 10.6 Å². The van der Waals surface area contributed by atoms with Crippen LogP contribution in [0.25, 0.3) is 11.4 Å². The zero-order valence-electron chi connectivity index (χ0n) is 13.7. The van der Waals surface area contributed by atoms with Gasteiger partial charge in [0.05, 0.1) is 23.6 Å². The lowest BCUT2D eigenvalue weighted by Crippen LogP contribution is -2.28. The zero-order chi connectivity index (χ0) is 16.9. The topological polar surface area (TPSA) is 71.8 Å². The SMILES string of the molecule is Cc1cccc(NC(=O)NCc2cc(-c3ccccn3)n(C)n2)c1. The highest BCUT2D eigenvalue weighted by molar-refractivity contribution is 5.89. The number of urea groups is 1. The Hall–Kier alpha value is -3.15. The molecule has 0 aliphatic rings. The highest BCUT2D eigenvalue weighted by Crippen LogP contribution is 2.16. The monoisotopic (exact) mass is 321 g/mol. The highest BCUT2D eigenvalue weighted by atomic mass is 16.2. The molecule has 0 fully saturated rings. The third-order valence-corrected chi connectivity index (χ3v) is 3.56. The smallest absolute Gasteiger partial charge is 0.319 e. The van der Waals surface area contributed by atoms with E-state index in [1.807, 2.05) is 62.5 Å². The fourth-order valence-electron chi connectivity index (χ4n) is 2.44. The number of hydrogen-bond donors (Lipinski definition) is 2. The van der Waals surface area contributed by atoms with Gasteiger partial charge in [0.2, 0.25) is 0 Å². The summed E-state index contributed by atoms with van der Waals surface area (Å²) in [5.41, 5.74) is 4.40. The van der Waals surface area contributed by atoms with Crippen molar-refractivity contribution in [2.24, 2.45) is 7.05 Å². The fraction of sp³-hybridized carbons (Fsp3) is 0.167. The molecule has 0 spiro atoms. The Morgan fingerprint density at radius 2 is 2.04 bits per heavy atom. The largest absolute Gasteiger partial charge is 0.332 e. The number of carbonyl (C=O) groups is 1. The molecule has 3 rings (SSSR count). The van der Waals surface area contributed by atoms with E-state index in [1.54, 1.807) is 10.9 Å². The molecule has 0 saturated carbocycles. The summed E-state index contributed by atoms with van der Waals surface area (Å²) in [4.78, 5) is 16.3. The van der Waals surface area contributed by atoms with Gasteiger partial charge in [-0.1, -0.05) is 18.2 Å². The summed E-state index contributed by atoms with van der Waals surface area (Å²) in [7, 11) is 1.86. The van der Waals surface area contributed by atoms with Crippen molar-refractivity contribution in [2.45, 2.75) is 13.5 Å². The molecule has 1 aromatic carbocycles. The Balaban J connectivity index is 1.62. The van der Waals surface area contributed by atoms with Gasteiger partial charge in [0.15, 0.2) is 0 Å². The van der Waals surface area contributed by atoms with E-state index < -0.39 is 0 Å². The molecular weight excluding hydrogens is 302 g/mol. The lowest BCUT2D eigenvalue weighted by molar-refractivity contribution is 0.251. The Labute approximate surface area is 140 Å². The summed E-state index contributed by atoms with van der Waals surface area (Å²) < 4.78 is 1.76. The first-order chi connectivity index (χ1) is 11.6. The Bertz CT molecular complexity index is 842. The maximum atomic E-state index is 12.0. The highest BCUT2D eigenvalue weighted by Gasteiger charge is 2.09. The van der Waals surface area contributed by atoms with Crippen molar-refractivity contribution in [3.8, 4) is 11.4 Å². The number of rotatable bonds is 4. The summed E-state index contributed by atoms with van der Waals surface area (Å²) in [5.74, 6) is 0. The van der Waals surface area contributed by atoms with Crippen LogP contribution in [0.5, 0.6) is 0 Å². The third kappa shape index (κ3) is 3.78. The van der Waals surface area contributed by atoms with Gasteiger partial charge in [0.1, 0.15) is 0 Å². The van der Waals surface area contributed by atoms with Crippen molar-refractivity contribution in [3.05, 3.63) is 66.0 Å². The van der Waals surface area contributed by atoms with Gasteiger partial charge in [-0.05, 0) is 42.8 Å². The van der Waals surface area contributed by atoms with E-state index in [9.17, 15) is 4.79 Å². The summed E-state index contributed by atoms with van der Waals surface area (Å²) in [6.07, 6.45) is 1.75. The normalized spacial score (nSPS) is 10.4. The van der Waals surface area contributed by atoms with Crippen molar-refractivity contribution in [2.75, 3.05) is 5.32 Å². The summed E-state index contributed by atoms with van der Waals surface area (Å²) in [5, 5.41) is 10.0. The number of pyridine rings is 1. The van der Waals surface area contributed by atoms with Gasteiger partial charge in [0, 0.05) is 18.9 Å². The average Bonchev–Trinajstić information content (AvgIpc) is 2.95. The van der Waals surface area contributed by atoms with Gasteiger partial charge in [-0.3, -0.25) is 9.67 Å². The molecule has 2 amide bonds. The summed E-state index contributed by atoms with van der Waals surface area (Å²) >= 11 is 0. The van der Waals surface area contributed by atoms with Crippen LogP contribution in [0, 0.1) is 6.92 Å². The van der Waals surface area contributed by atoms with Gasteiger partial charge in [-0.2, -0.15) is 5.10 Å². The molecule has 0 saturated heterocycles. The molecule has 0 bridgehead atoms. The average molecular weight is 321 g/mol. The number of nitrogens with one attached hydrogen (secondary N) is 2. The molecule has 0 aliphatic carbocycles. The van der Waals surface area contributed by atoms with Crippen LogP contribution in [0.2, 0.25) is 0 Å². The van der Waals surface area contributed by atoms with Gasteiger partial charge >= 0.3 is 6.03 Å². The molecule has 2 aromatic heterocycles. The third-order valence-electron chi connectivity index (χ3n) is 3.56. The second-order valence-corrected chi connectivity index (χ2v) is 5.54. The van der Waals surface area contributed by atoms with E-state index in [-0.39, 0.29) is 6.03 Å². The van der Waals surface area contributed by atoms with E-state index >= 15 is 0 Å². The van der Waals surface area contributed by atoms with E-state index in [1.165, 1.54) is 0 Å². The molecule has 122 valence electrons. The van der Waals surface area contributed by atoms with E-state index in [4.69, 9.17) is 0 Å². The second kappa shape index (κ2) is 6.95. The number of hydrogen-bond acceptors (Lipinski definition) is 3. The van der Waals surface area contributed by atoms with E-state index in [0.29, 0.717) is 6.54 Å². The van der Waals surface area contributed by atoms with Crippen LogP contribution in [0.4, 0.5) is 10.5 Å². The number of anilines is 1. The second-order valence-electron chi connectivity index (χ2n) is 5.54. The minimum atomic E-state index is -0.259. The molecule has 0 unspecified atom stereocenters. The van der Waals surface area contributed by atoms with Crippen molar-refractivity contribution in [1.82, 2.24) is 20.1 Å². The predicted octanol–water partition coefficient (Wildman–Crippen LogP) is 3.11. The minimum absolute atomic E-state index is 0.259. The predicted molar refractivity (Wildman–Crippen MR) is 93.5 cm³/mol. The molecule has 0 atom stereocenters. The number of nitrogens with zero attached hydrogens (tertiary/aromatic N) is 3. The molecule has 0 aliphatic heterocycles. The first kappa shape index (κ1) is 15.7. The molecule has 6 nitrogen and oxygen atoms in total. The van der Waals surface area contributed by atoms with Crippen molar-refractivity contribution >= 4 is 11.7 Å². The van der Waals surface area contributed by atoms with E-state index in [2.05, 4.69) is 20.7 Å². The van der Waals surface area contributed by atoms with Gasteiger partial charge in [-0.15, -0.1) is 0 Å². The molecular formula is C18H19N5O. The minimum Gasteiger partial charge on any atom is -0.332 e. The lowest BCUT2D eigenvalue weighted by Gasteiger charge is -2.06. The van der Waals surface area contributed by atoms with Gasteiger partial charge in [0.25, 0.3) is 0 Å². The fourth-order valence-corrected chi connectivity index (χ4v) is 2.44. The molecule has 0 radical (unpaired) electrons. The Morgan fingerprint density at radius 1 is 1.17 bits per heavy atom. The van der Waals surface area contributed by atoms with Gasteiger partial charge in [-0.25, -0.2) is 4.79 Å². The van der Waals surface area contributed by atoms with Crippen LogP contribution >= 0.6 is 0 Å². The number of benzene rings is 1. The quantitative estimate of drug-likeness (QED) is 0.775. The van der Waals surface area contributed by atoms with Crippen LogP contribution in [0.15, 0.2) is 54.7 Å². The molecule has 6 heteroatoms. The first-order valence-corrected chi connectivity index (χ1v) is 7.67. The summed E-state index contributed by atoms with van der Waals surface area (Å²) in [6.45, 7) is 2.33. The molecule has 2 N–H and O–H groups in total. The van der Waals surface area contributed by atoms with E-state index in [0.717, 1.165) is 28.3 Å². The number of carbonyl (C=O) groups excluding carboxylic acids is 1. The number of amides is 2. The van der Waals surface area contributed by atoms with Crippen molar-refractivity contribution in [1.29, 1.82) is 0 Å². The standard InChI is InChI=1S/C18H19N5O/c1-13-6-5-7-14(10-13)21-18(24)20-12-15-11-17(23(2)22-15)16-8-3-4-9-19-16/h3-11H,12H2,1-2H3,(H2,20,21,24). The van der Waals surface area contributed by atoms with Crippen LogP contribution in [0.1, 0.15) is 11.3 Å².